The third-order valence-electron chi connectivity index (χ3n) is 3.97. The largest absolute Gasteiger partial charge is 0.445 e. The highest BCUT2D eigenvalue weighted by molar-refractivity contribution is 5.67. The maximum Gasteiger partial charge on any atom is 0.410 e. The molecule has 110 valence electrons. The quantitative estimate of drug-likeness (QED) is 0.842. The molecule has 0 radical (unpaired) electrons. The minimum absolute atomic E-state index is 0.0136. The minimum Gasteiger partial charge on any atom is -0.445 e. The Morgan fingerprint density at radius 3 is 2.90 bits per heavy atom. The molecule has 1 saturated heterocycles. The van der Waals surface area contributed by atoms with E-state index in [1.807, 2.05) is 37.3 Å². The maximum atomic E-state index is 12.7. The van der Waals surface area contributed by atoms with Crippen LogP contribution in [-0.2, 0) is 11.3 Å². The fourth-order valence-corrected chi connectivity index (χ4v) is 2.58. The van der Waals surface area contributed by atoms with Crippen molar-refractivity contribution in [1.29, 1.82) is 0 Å². The second kappa shape index (κ2) is 7.27. The van der Waals surface area contributed by atoms with Crippen LogP contribution in [0.15, 0.2) is 30.3 Å². The summed E-state index contributed by atoms with van der Waals surface area (Å²) in [6, 6.07) is 9.62. The molecule has 1 aliphatic rings. The van der Waals surface area contributed by atoms with Gasteiger partial charge in [-0.3, -0.25) is 4.39 Å². The van der Waals surface area contributed by atoms with E-state index >= 15 is 0 Å². The maximum absolute atomic E-state index is 12.7. The van der Waals surface area contributed by atoms with E-state index in [9.17, 15) is 9.18 Å². The molecule has 3 nitrogen and oxygen atoms in total. The number of carbonyl (C=O) groups excluding carboxylic acids is 1. The summed E-state index contributed by atoms with van der Waals surface area (Å²) >= 11 is 0. The van der Waals surface area contributed by atoms with Gasteiger partial charge in [-0.05, 0) is 30.2 Å². The van der Waals surface area contributed by atoms with Crippen LogP contribution in [0.1, 0.15) is 25.3 Å². The van der Waals surface area contributed by atoms with Crippen LogP contribution in [0, 0.1) is 11.8 Å². The Morgan fingerprint density at radius 1 is 1.45 bits per heavy atom. The lowest BCUT2D eigenvalue weighted by atomic mass is 9.87. The zero-order chi connectivity index (χ0) is 14.4. The third kappa shape index (κ3) is 3.95. The fraction of sp³-hybridized carbons (Fsp3) is 0.562. The first kappa shape index (κ1) is 14.8. The van der Waals surface area contributed by atoms with Gasteiger partial charge in [-0.25, -0.2) is 4.79 Å². The average Bonchev–Trinajstić information content (AvgIpc) is 2.53. The van der Waals surface area contributed by atoms with Gasteiger partial charge in [-0.1, -0.05) is 37.3 Å². The van der Waals surface area contributed by atoms with Gasteiger partial charge < -0.3 is 9.64 Å². The van der Waals surface area contributed by atoms with E-state index in [1.54, 1.807) is 4.90 Å². The lowest BCUT2D eigenvalue weighted by Crippen LogP contribution is -2.42. The second-order valence-corrected chi connectivity index (χ2v) is 5.52. The summed E-state index contributed by atoms with van der Waals surface area (Å²) in [6.07, 6.45) is 1.63. The first-order valence-electron chi connectivity index (χ1n) is 7.22. The molecule has 1 aromatic carbocycles. The van der Waals surface area contributed by atoms with Crippen LogP contribution in [0.5, 0.6) is 0 Å². The van der Waals surface area contributed by atoms with Gasteiger partial charge in [-0.15, -0.1) is 0 Å². The van der Waals surface area contributed by atoms with Gasteiger partial charge in [0.15, 0.2) is 0 Å². The van der Waals surface area contributed by atoms with Crippen LogP contribution in [0.4, 0.5) is 9.18 Å². The van der Waals surface area contributed by atoms with Gasteiger partial charge in [0.2, 0.25) is 0 Å². The number of ether oxygens (including phenoxy) is 1. The predicted octanol–water partition coefficient (Wildman–Crippen LogP) is 3.64. The summed E-state index contributed by atoms with van der Waals surface area (Å²) in [5.74, 6) is 0.262. The lowest BCUT2D eigenvalue weighted by molar-refractivity contribution is 0.0688. The number of alkyl halides is 1. The highest BCUT2D eigenvalue weighted by Crippen LogP contribution is 2.24. The number of benzene rings is 1. The number of amides is 1. The molecule has 0 aliphatic carbocycles. The summed E-state index contributed by atoms with van der Waals surface area (Å²) in [5, 5.41) is 0. The molecule has 0 aromatic heterocycles. The highest BCUT2D eigenvalue weighted by atomic mass is 19.1. The number of carbonyl (C=O) groups is 1. The number of hydrogen-bond acceptors (Lipinski definition) is 2. The molecule has 4 heteroatoms. The van der Waals surface area contributed by atoms with Crippen molar-refractivity contribution in [2.24, 2.45) is 11.8 Å². The van der Waals surface area contributed by atoms with E-state index in [-0.39, 0.29) is 24.6 Å². The fourth-order valence-electron chi connectivity index (χ4n) is 2.58. The topological polar surface area (TPSA) is 29.5 Å². The molecule has 0 saturated carbocycles. The molecule has 1 aromatic rings. The number of nitrogens with zero attached hydrogens (tertiary/aromatic N) is 1. The molecular weight excluding hydrogens is 257 g/mol. The number of halogens is 1. The smallest absolute Gasteiger partial charge is 0.410 e. The normalized spacial score (nSPS) is 20.5. The van der Waals surface area contributed by atoms with E-state index in [2.05, 4.69) is 0 Å². The Bertz CT molecular complexity index is 424. The van der Waals surface area contributed by atoms with Crippen LogP contribution in [-0.4, -0.2) is 30.8 Å². The van der Waals surface area contributed by atoms with Crippen molar-refractivity contribution in [3.63, 3.8) is 0 Å². The van der Waals surface area contributed by atoms with E-state index in [0.29, 0.717) is 19.7 Å². The predicted molar refractivity (Wildman–Crippen MR) is 76.1 cm³/mol. The van der Waals surface area contributed by atoms with Crippen molar-refractivity contribution in [3.05, 3.63) is 35.9 Å². The first-order valence-corrected chi connectivity index (χ1v) is 7.22. The van der Waals surface area contributed by atoms with Gasteiger partial charge in [0.25, 0.3) is 0 Å². The number of piperidine rings is 1. The average molecular weight is 279 g/mol. The summed E-state index contributed by atoms with van der Waals surface area (Å²) in [4.78, 5) is 13.7. The molecule has 20 heavy (non-hydrogen) atoms. The molecule has 0 N–H and O–H groups in total. The number of rotatable bonds is 4. The van der Waals surface area contributed by atoms with E-state index in [1.165, 1.54) is 0 Å². The Hall–Kier alpha value is -1.58. The SMILES string of the molecule is CC(CF)C1CCCN(C(=O)OCc2ccccc2)C1. The van der Waals surface area contributed by atoms with Crippen LogP contribution in [0.2, 0.25) is 0 Å². The standard InChI is InChI=1S/C16H22FNO2/c1-13(10-17)15-8-5-9-18(11-15)16(19)20-12-14-6-3-2-4-7-14/h2-4,6-7,13,15H,5,8-12H2,1H3. The number of likely N-dealkylation sites (tertiary alicyclic amines) is 1. The van der Waals surface area contributed by atoms with Crippen LogP contribution in [0.3, 0.4) is 0 Å². The molecule has 1 amide bonds. The van der Waals surface area contributed by atoms with Crippen molar-refractivity contribution in [2.75, 3.05) is 19.8 Å². The van der Waals surface area contributed by atoms with Crippen LogP contribution in [0.25, 0.3) is 0 Å². The molecule has 1 aliphatic heterocycles. The Labute approximate surface area is 119 Å². The first-order chi connectivity index (χ1) is 9.70. The van der Waals surface area contributed by atoms with Gasteiger partial charge >= 0.3 is 6.09 Å². The second-order valence-electron chi connectivity index (χ2n) is 5.52. The zero-order valence-electron chi connectivity index (χ0n) is 11.9. The molecule has 0 spiro atoms. The highest BCUT2D eigenvalue weighted by Gasteiger charge is 2.28. The van der Waals surface area contributed by atoms with E-state index < -0.39 is 0 Å². The van der Waals surface area contributed by atoms with Crippen molar-refractivity contribution in [3.8, 4) is 0 Å². The van der Waals surface area contributed by atoms with Crippen LogP contribution < -0.4 is 0 Å². The van der Waals surface area contributed by atoms with E-state index in [0.717, 1.165) is 18.4 Å². The summed E-state index contributed by atoms with van der Waals surface area (Å²) in [6.45, 7) is 3.20. The Morgan fingerprint density at radius 2 is 2.20 bits per heavy atom. The molecule has 2 atom stereocenters. The molecule has 1 fully saturated rings. The summed E-state index contributed by atoms with van der Waals surface area (Å²) in [7, 11) is 0. The molecule has 1 heterocycles. The van der Waals surface area contributed by atoms with Crippen molar-refractivity contribution in [1.82, 2.24) is 4.90 Å². The van der Waals surface area contributed by atoms with Crippen LogP contribution >= 0.6 is 0 Å². The minimum atomic E-state index is -0.322. The van der Waals surface area contributed by atoms with E-state index in [4.69, 9.17) is 4.74 Å². The Kier molecular flexibility index (Phi) is 5.39. The Balaban J connectivity index is 1.83. The third-order valence-corrected chi connectivity index (χ3v) is 3.97. The molecular formula is C16H22FNO2. The molecule has 2 unspecified atom stereocenters. The summed E-state index contributed by atoms with van der Waals surface area (Å²) in [5.41, 5.74) is 0.978. The van der Waals surface area contributed by atoms with Gasteiger partial charge in [0, 0.05) is 13.1 Å². The van der Waals surface area contributed by atoms with Crippen molar-refractivity contribution >= 4 is 6.09 Å². The lowest BCUT2D eigenvalue weighted by Gasteiger charge is -2.34. The van der Waals surface area contributed by atoms with Crippen molar-refractivity contribution in [2.45, 2.75) is 26.4 Å². The molecule has 2 rings (SSSR count). The molecule has 0 bridgehead atoms. The van der Waals surface area contributed by atoms with Crippen molar-refractivity contribution < 1.29 is 13.9 Å². The van der Waals surface area contributed by atoms with Gasteiger partial charge in [0.05, 0.1) is 6.67 Å². The van der Waals surface area contributed by atoms with Gasteiger partial charge in [-0.2, -0.15) is 0 Å². The van der Waals surface area contributed by atoms with Gasteiger partial charge in [0.1, 0.15) is 6.61 Å². The zero-order valence-corrected chi connectivity index (χ0v) is 11.9. The monoisotopic (exact) mass is 279 g/mol. The number of hydrogen-bond donors (Lipinski definition) is 0. The summed E-state index contributed by atoms with van der Waals surface area (Å²) < 4.78 is 18.1.